The molecule has 1 N–H and O–H groups in total. The molecule has 0 saturated carbocycles. The molecule has 7 nitrogen and oxygen atoms in total. The van der Waals surface area contributed by atoms with Gasteiger partial charge in [-0.2, -0.15) is 0 Å². The first-order valence-electron chi connectivity index (χ1n) is 9.59. The third-order valence-electron chi connectivity index (χ3n) is 5.64. The van der Waals surface area contributed by atoms with Crippen LogP contribution in [-0.4, -0.2) is 65.2 Å². The van der Waals surface area contributed by atoms with Crippen LogP contribution in [0.25, 0.3) is 11.1 Å². The first-order valence-corrected chi connectivity index (χ1v) is 9.59. The molecule has 2 aromatic rings. The minimum atomic E-state index is -1.07. The molecule has 0 aromatic heterocycles. The Kier molecular flexibility index (Phi) is 4.96. The Morgan fingerprint density at radius 2 is 1.62 bits per heavy atom. The molecule has 1 fully saturated rings. The maximum Gasteiger partial charge on any atom is 0.410 e. The zero-order chi connectivity index (χ0) is 20.5. The summed E-state index contributed by atoms with van der Waals surface area (Å²) in [6.45, 7) is 1.85. The van der Waals surface area contributed by atoms with Crippen molar-refractivity contribution in [2.24, 2.45) is 0 Å². The number of carboxylic acid groups (broad SMARTS) is 1. The molecule has 1 atom stereocenters. The number of benzene rings is 2. The zero-order valence-electron chi connectivity index (χ0n) is 16.1. The minimum absolute atomic E-state index is 0.0503. The molecule has 29 heavy (non-hydrogen) atoms. The van der Waals surface area contributed by atoms with Crippen LogP contribution in [0.4, 0.5) is 4.79 Å². The lowest BCUT2D eigenvalue weighted by atomic mass is 9.98. The molecule has 4 rings (SSSR count). The van der Waals surface area contributed by atoms with Gasteiger partial charge in [0.2, 0.25) is 5.91 Å². The van der Waals surface area contributed by atoms with Gasteiger partial charge in [0.1, 0.15) is 19.2 Å². The summed E-state index contributed by atoms with van der Waals surface area (Å²) in [6.07, 6.45) is -0.553. The van der Waals surface area contributed by atoms with E-state index in [-0.39, 0.29) is 38.1 Å². The Bertz CT molecular complexity index is 928. The number of carbonyl (C=O) groups excluding carboxylic acids is 2. The smallest absolute Gasteiger partial charge is 0.410 e. The Morgan fingerprint density at radius 1 is 1.03 bits per heavy atom. The number of rotatable bonds is 4. The summed E-state index contributed by atoms with van der Waals surface area (Å²) in [4.78, 5) is 38.6. The van der Waals surface area contributed by atoms with Crippen molar-refractivity contribution in [1.82, 2.24) is 9.80 Å². The molecule has 0 radical (unpaired) electrons. The number of carboxylic acids is 1. The molecule has 2 aromatic carbocycles. The third-order valence-corrected chi connectivity index (χ3v) is 5.64. The number of hydrogen-bond donors (Lipinski definition) is 1. The van der Waals surface area contributed by atoms with Gasteiger partial charge in [0.05, 0.1) is 0 Å². The van der Waals surface area contributed by atoms with E-state index in [1.54, 1.807) is 6.92 Å². The minimum Gasteiger partial charge on any atom is -0.480 e. The van der Waals surface area contributed by atoms with Gasteiger partial charge in [-0.15, -0.1) is 0 Å². The van der Waals surface area contributed by atoms with Crippen LogP contribution in [0.15, 0.2) is 48.5 Å². The van der Waals surface area contributed by atoms with Crippen molar-refractivity contribution in [2.45, 2.75) is 18.9 Å². The Morgan fingerprint density at radius 3 is 2.21 bits per heavy atom. The molecule has 2 amide bonds. The van der Waals surface area contributed by atoms with Crippen LogP contribution in [0.2, 0.25) is 0 Å². The second-order valence-corrected chi connectivity index (χ2v) is 7.33. The standard InChI is InChI=1S/C22H22N2O5/c1-14-21(27)23(12-20(25)26)10-11-24(14)22(28)29-13-19-17-8-4-2-6-15(17)16-7-3-5-9-18(16)19/h2-9,14,19H,10-13H2,1H3,(H,25,26)/t14-/m0/s1. The number of nitrogens with zero attached hydrogens (tertiary/aromatic N) is 2. The number of carbonyl (C=O) groups is 3. The van der Waals surface area contributed by atoms with E-state index in [0.29, 0.717) is 0 Å². The topological polar surface area (TPSA) is 87.2 Å². The van der Waals surface area contributed by atoms with Gasteiger partial charge in [0, 0.05) is 19.0 Å². The van der Waals surface area contributed by atoms with Gasteiger partial charge >= 0.3 is 12.1 Å². The summed E-state index contributed by atoms with van der Waals surface area (Å²) in [5.74, 6) is -1.50. The van der Waals surface area contributed by atoms with Crippen LogP contribution in [0.5, 0.6) is 0 Å². The predicted molar refractivity (Wildman–Crippen MR) is 105 cm³/mol. The number of ether oxygens (including phenoxy) is 1. The molecule has 0 bridgehead atoms. The van der Waals surface area contributed by atoms with Crippen LogP contribution >= 0.6 is 0 Å². The van der Waals surface area contributed by atoms with Crippen LogP contribution in [-0.2, 0) is 14.3 Å². The molecule has 0 unspecified atom stereocenters. The van der Waals surface area contributed by atoms with E-state index in [9.17, 15) is 14.4 Å². The fraction of sp³-hybridized carbons (Fsp3) is 0.318. The Balaban J connectivity index is 1.45. The normalized spacial score (nSPS) is 18.4. The molecule has 2 aliphatic rings. The number of amides is 2. The molecule has 1 aliphatic carbocycles. The zero-order valence-corrected chi connectivity index (χ0v) is 16.1. The fourth-order valence-corrected chi connectivity index (χ4v) is 4.18. The largest absolute Gasteiger partial charge is 0.480 e. The molecular weight excluding hydrogens is 372 g/mol. The number of hydrogen-bond acceptors (Lipinski definition) is 4. The number of aliphatic carboxylic acids is 1. The monoisotopic (exact) mass is 394 g/mol. The molecule has 1 saturated heterocycles. The fourth-order valence-electron chi connectivity index (χ4n) is 4.18. The van der Waals surface area contributed by atoms with E-state index in [4.69, 9.17) is 9.84 Å². The van der Waals surface area contributed by atoms with Gasteiger partial charge in [-0.25, -0.2) is 4.79 Å². The van der Waals surface area contributed by atoms with Gasteiger partial charge in [0.15, 0.2) is 0 Å². The van der Waals surface area contributed by atoms with Crippen LogP contribution in [0, 0.1) is 0 Å². The van der Waals surface area contributed by atoms with Gasteiger partial charge in [-0.3, -0.25) is 14.5 Å². The molecule has 7 heteroatoms. The summed E-state index contributed by atoms with van der Waals surface area (Å²) >= 11 is 0. The van der Waals surface area contributed by atoms with E-state index in [0.717, 1.165) is 22.3 Å². The van der Waals surface area contributed by atoms with Crippen molar-refractivity contribution in [2.75, 3.05) is 26.2 Å². The molecule has 0 spiro atoms. The molecule has 1 aliphatic heterocycles. The van der Waals surface area contributed by atoms with Gasteiger partial charge in [-0.05, 0) is 29.2 Å². The number of piperazine rings is 1. The van der Waals surface area contributed by atoms with Crippen molar-refractivity contribution >= 4 is 18.0 Å². The van der Waals surface area contributed by atoms with E-state index in [1.807, 2.05) is 36.4 Å². The maximum atomic E-state index is 12.7. The quantitative estimate of drug-likeness (QED) is 0.861. The Labute approximate surface area is 168 Å². The summed E-state index contributed by atoms with van der Waals surface area (Å²) < 4.78 is 5.61. The van der Waals surface area contributed by atoms with Crippen molar-refractivity contribution in [3.05, 3.63) is 59.7 Å². The lowest BCUT2D eigenvalue weighted by molar-refractivity contribution is -0.149. The highest BCUT2D eigenvalue weighted by molar-refractivity contribution is 5.89. The van der Waals surface area contributed by atoms with Crippen LogP contribution in [0.3, 0.4) is 0 Å². The van der Waals surface area contributed by atoms with E-state index >= 15 is 0 Å². The highest BCUT2D eigenvalue weighted by atomic mass is 16.6. The van der Waals surface area contributed by atoms with Crippen molar-refractivity contribution < 1.29 is 24.2 Å². The second-order valence-electron chi connectivity index (χ2n) is 7.33. The van der Waals surface area contributed by atoms with Crippen molar-refractivity contribution in [1.29, 1.82) is 0 Å². The SMILES string of the molecule is C[C@H]1C(=O)N(CC(=O)O)CCN1C(=O)OCC1c2ccccc2-c2ccccc21. The first kappa shape index (κ1) is 19.0. The summed E-state index contributed by atoms with van der Waals surface area (Å²) in [6, 6.07) is 15.4. The lowest BCUT2D eigenvalue weighted by Crippen LogP contribution is -2.58. The van der Waals surface area contributed by atoms with E-state index < -0.39 is 18.1 Å². The first-order chi connectivity index (χ1) is 14.0. The lowest BCUT2D eigenvalue weighted by Gasteiger charge is -2.37. The van der Waals surface area contributed by atoms with E-state index in [1.165, 1.54) is 9.80 Å². The predicted octanol–water partition coefficient (Wildman–Crippen LogP) is 2.55. The van der Waals surface area contributed by atoms with Gasteiger partial charge in [-0.1, -0.05) is 48.5 Å². The van der Waals surface area contributed by atoms with E-state index in [2.05, 4.69) is 12.1 Å². The third kappa shape index (κ3) is 3.44. The van der Waals surface area contributed by atoms with Crippen LogP contribution in [0.1, 0.15) is 24.0 Å². The molecule has 1 heterocycles. The summed E-state index contributed by atoms with van der Waals surface area (Å²) in [5.41, 5.74) is 4.54. The van der Waals surface area contributed by atoms with Crippen molar-refractivity contribution in [3.63, 3.8) is 0 Å². The second kappa shape index (κ2) is 7.58. The highest BCUT2D eigenvalue weighted by Gasteiger charge is 2.37. The molecule has 150 valence electrons. The van der Waals surface area contributed by atoms with Gasteiger partial charge in [0.25, 0.3) is 0 Å². The average molecular weight is 394 g/mol. The maximum absolute atomic E-state index is 12.7. The Hall–Kier alpha value is -3.35. The molecular formula is C22H22N2O5. The van der Waals surface area contributed by atoms with Gasteiger partial charge < -0.3 is 14.7 Å². The van der Waals surface area contributed by atoms with Crippen LogP contribution < -0.4 is 0 Å². The average Bonchev–Trinajstić information content (AvgIpc) is 3.03. The summed E-state index contributed by atoms with van der Waals surface area (Å²) in [5, 5.41) is 8.91. The highest BCUT2D eigenvalue weighted by Crippen LogP contribution is 2.44. The van der Waals surface area contributed by atoms with Crippen molar-refractivity contribution in [3.8, 4) is 11.1 Å². The number of fused-ring (bicyclic) bond motifs is 3. The summed E-state index contributed by atoms with van der Waals surface area (Å²) in [7, 11) is 0.